The fraction of sp³-hybridized carbons (Fsp3) is 0.286. The summed E-state index contributed by atoms with van der Waals surface area (Å²) in [5, 5.41) is 8.60. The third-order valence-electron chi connectivity index (χ3n) is 5.36. The number of rotatable bonds is 1. The quantitative estimate of drug-likeness (QED) is 0.622. The van der Waals surface area contributed by atoms with E-state index < -0.39 is 11.6 Å². The number of fused-ring (bicyclic) bond motifs is 2. The van der Waals surface area contributed by atoms with Crippen LogP contribution in [0.5, 0.6) is 0 Å². The highest BCUT2D eigenvalue weighted by molar-refractivity contribution is 6.14. The van der Waals surface area contributed by atoms with Crippen LogP contribution in [0.2, 0.25) is 0 Å². The molecular formula is C21H19F2N3. The Labute approximate surface area is 150 Å². The monoisotopic (exact) mass is 351 g/mol. The molecule has 0 amide bonds. The van der Waals surface area contributed by atoms with E-state index in [1.54, 1.807) is 6.07 Å². The molecule has 0 aliphatic carbocycles. The third kappa shape index (κ3) is 2.42. The smallest absolute Gasteiger partial charge is 0.186 e. The van der Waals surface area contributed by atoms with E-state index in [2.05, 4.69) is 44.0 Å². The van der Waals surface area contributed by atoms with Gasteiger partial charge in [0.1, 0.15) is 11.2 Å². The van der Waals surface area contributed by atoms with Gasteiger partial charge >= 0.3 is 0 Å². The summed E-state index contributed by atoms with van der Waals surface area (Å²) in [5.41, 5.74) is 4.41. The molecule has 2 heterocycles. The maximum absolute atomic E-state index is 13.9. The van der Waals surface area contributed by atoms with Crippen molar-refractivity contribution in [3.8, 4) is 0 Å². The summed E-state index contributed by atoms with van der Waals surface area (Å²) in [4.78, 5) is 4.94. The summed E-state index contributed by atoms with van der Waals surface area (Å²) in [7, 11) is 0. The molecule has 0 saturated carbocycles. The Bertz CT molecular complexity index is 1070. The first kappa shape index (κ1) is 16.8. The van der Waals surface area contributed by atoms with Gasteiger partial charge in [-0.2, -0.15) is 0 Å². The summed E-state index contributed by atoms with van der Waals surface area (Å²) in [6, 6.07) is 10.5. The number of hydrogen-bond donors (Lipinski definition) is 0. The van der Waals surface area contributed by atoms with Gasteiger partial charge in [0.25, 0.3) is 0 Å². The van der Waals surface area contributed by atoms with Crippen molar-refractivity contribution in [3.63, 3.8) is 0 Å². The number of aromatic nitrogens is 2. The van der Waals surface area contributed by atoms with Crippen LogP contribution >= 0.6 is 0 Å². The summed E-state index contributed by atoms with van der Waals surface area (Å²) in [6.45, 7) is 8.46. The molecule has 1 atom stereocenters. The molecule has 4 rings (SSSR count). The van der Waals surface area contributed by atoms with Crippen LogP contribution in [0.3, 0.4) is 0 Å². The Morgan fingerprint density at radius 3 is 2.58 bits per heavy atom. The highest BCUT2D eigenvalue weighted by Crippen LogP contribution is 2.40. The standard InChI is InChI=1S/C21H19F2N3/c1-11-6-5-7-14-17(11)12(2)21(3,4)24-20(14)16-10-13-8-9-15(22)18(23)19(13)26-25-16/h5-10,12H,1-4H3. The van der Waals surface area contributed by atoms with Crippen molar-refractivity contribution in [3.05, 3.63) is 70.4 Å². The van der Waals surface area contributed by atoms with E-state index in [0.29, 0.717) is 11.1 Å². The minimum atomic E-state index is -0.975. The summed E-state index contributed by atoms with van der Waals surface area (Å²) in [5.74, 6) is -1.65. The average molecular weight is 351 g/mol. The van der Waals surface area contributed by atoms with Crippen LogP contribution in [-0.2, 0) is 0 Å². The average Bonchev–Trinajstić information content (AvgIpc) is 2.61. The lowest BCUT2D eigenvalue weighted by molar-refractivity contribution is 0.430. The molecule has 132 valence electrons. The molecule has 0 bridgehead atoms. The number of aryl methyl sites for hydroxylation is 1. The fourth-order valence-electron chi connectivity index (χ4n) is 3.62. The van der Waals surface area contributed by atoms with Crippen LogP contribution in [0.25, 0.3) is 10.9 Å². The van der Waals surface area contributed by atoms with Crippen LogP contribution < -0.4 is 0 Å². The number of nitrogens with zero attached hydrogens (tertiary/aromatic N) is 3. The minimum Gasteiger partial charge on any atom is -0.276 e. The van der Waals surface area contributed by atoms with Crippen molar-refractivity contribution >= 4 is 16.6 Å². The minimum absolute atomic E-state index is 0.0674. The van der Waals surface area contributed by atoms with E-state index in [1.165, 1.54) is 17.2 Å². The molecule has 1 aliphatic rings. The second kappa shape index (κ2) is 5.66. The van der Waals surface area contributed by atoms with Gasteiger partial charge in [0.2, 0.25) is 0 Å². The first-order valence-corrected chi connectivity index (χ1v) is 8.61. The first-order valence-electron chi connectivity index (χ1n) is 8.61. The van der Waals surface area contributed by atoms with Gasteiger partial charge in [-0.3, -0.25) is 4.99 Å². The van der Waals surface area contributed by atoms with E-state index in [0.717, 1.165) is 17.3 Å². The molecule has 3 aromatic rings. The van der Waals surface area contributed by atoms with E-state index in [4.69, 9.17) is 4.99 Å². The number of aliphatic imine (C=N–C) groups is 1. The van der Waals surface area contributed by atoms with Gasteiger partial charge in [-0.25, -0.2) is 8.78 Å². The normalized spacial score (nSPS) is 18.5. The molecule has 1 aromatic heterocycles. The van der Waals surface area contributed by atoms with Gasteiger partial charge in [0, 0.05) is 16.9 Å². The van der Waals surface area contributed by atoms with Gasteiger partial charge < -0.3 is 0 Å². The van der Waals surface area contributed by atoms with E-state index >= 15 is 0 Å². The van der Waals surface area contributed by atoms with Crippen LogP contribution in [-0.4, -0.2) is 21.4 Å². The molecule has 3 nitrogen and oxygen atoms in total. The van der Waals surface area contributed by atoms with Crippen molar-refractivity contribution in [2.24, 2.45) is 4.99 Å². The Kier molecular flexibility index (Phi) is 3.65. The molecule has 1 aliphatic heterocycles. The van der Waals surface area contributed by atoms with E-state index in [1.807, 2.05) is 12.1 Å². The molecule has 26 heavy (non-hydrogen) atoms. The molecule has 2 aromatic carbocycles. The van der Waals surface area contributed by atoms with Crippen molar-refractivity contribution in [2.45, 2.75) is 39.2 Å². The van der Waals surface area contributed by atoms with Crippen LogP contribution in [0.4, 0.5) is 8.78 Å². The second-order valence-electron chi connectivity index (χ2n) is 7.40. The molecule has 0 radical (unpaired) electrons. The third-order valence-corrected chi connectivity index (χ3v) is 5.36. The maximum atomic E-state index is 13.9. The lowest BCUT2D eigenvalue weighted by Crippen LogP contribution is -2.34. The Balaban J connectivity index is 1.97. The van der Waals surface area contributed by atoms with Gasteiger partial charge in [-0.1, -0.05) is 25.1 Å². The van der Waals surface area contributed by atoms with Gasteiger partial charge in [-0.05, 0) is 50.1 Å². The van der Waals surface area contributed by atoms with E-state index in [-0.39, 0.29) is 17.0 Å². The van der Waals surface area contributed by atoms with E-state index in [9.17, 15) is 8.78 Å². The van der Waals surface area contributed by atoms with Crippen LogP contribution in [0, 0.1) is 18.6 Å². The molecule has 0 N–H and O–H groups in total. The molecule has 5 heteroatoms. The molecule has 0 fully saturated rings. The maximum Gasteiger partial charge on any atom is 0.186 e. The zero-order chi connectivity index (χ0) is 18.6. The summed E-state index contributed by atoms with van der Waals surface area (Å²) >= 11 is 0. The van der Waals surface area contributed by atoms with Crippen molar-refractivity contribution < 1.29 is 8.78 Å². The topological polar surface area (TPSA) is 38.1 Å². The highest BCUT2D eigenvalue weighted by Gasteiger charge is 2.35. The summed E-state index contributed by atoms with van der Waals surface area (Å²) < 4.78 is 27.4. The largest absolute Gasteiger partial charge is 0.276 e. The number of halogens is 2. The zero-order valence-corrected chi connectivity index (χ0v) is 15.1. The van der Waals surface area contributed by atoms with Crippen LogP contribution in [0.1, 0.15) is 49.1 Å². The predicted octanol–water partition coefficient (Wildman–Crippen LogP) is 4.95. The summed E-state index contributed by atoms with van der Waals surface area (Å²) in [6.07, 6.45) is 0. The Morgan fingerprint density at radius 2 is 1.81 bits per heavy atom. The SMILES string of the molecule is Cc1cccc2c1C(C)C(C)(C)N=C2c1cc2ccc(F)c(F)c2nn1. The Morgan fingerprint density at radius 1 is 1.04 bits per heavy atom. The molecule has 0 saturated heterocycles. The molecular weight excluding hydrogens is 332 g/mol. The number of hydrogen-bond acceptors (Lipinski definition) is 3. The lowest BCUT2D eigenvalue weighted by atomic mass is 9.75. The van der Waals surface area contributed by atoms with Crippen molar-refractivity contribution in [1.82, 2.24) is 10.2 Å². The lowest BCUT2D eigenvalue weighted by Gasteiger charge is -2.36. The Hall–Kier alpha value is -2.69. The van der Waals surface area contributed by atoms with Gasteiger partial charge in [0.15, 0.2) is 11.6 Å². The fourth-order valence-corrected chi connectivity index (χ4v) is 3.62. The predicted molar refractivity (Wildman–Crippen MR) is 98.8 cm³/mol. The molecule has 1 unspecified atom stereocenters. The van der Waals surface area contributed by atoms with Gasteiger partial charge in [0.05, 0.1) is 11.3 Å². The van der Waals surface area contributed by atoms with Crippen molar-refractivity contribution in [2.75, 3.05) is 0 Å². The second-order valence-corrected chi connectivity index (χ2v) is 7.40. The highest BCUT2D eigenvalue weighted by atomic mass is 19.2. The molecule has 0 spiro atoms. The number of benzene rings is 2. The first-order chi connectivity index (χ1) is 12.3. The zero-order valence-electron chi connectivity index (χ0n) is 15.1. The van der Waals surface area contributed by atoms with Gasteiger partial charge in [-0.15, -0.1) is 10.2 Å². The van der Waals surface area contributed by atoms with Crippen LogP contribution in [0.15, 0.2) is 41.4 Å². The van der Waals surface area contributed by atoms with Crippen molar-refractivity contribution in [1.29, 1.82) is 0 Å².